The molecule has 1 aromatic heterocycles. The van der Waals surface area contributed by atoms with Crippen molar-refractivity contribution in [1.29, 1.82) is 0 Å². The Morgan fingerprint density at radius 3 is 2.70 bits per heavy atom. The largest absolute Gasteiger partial charge is 0.497 e. The van der Waals surface area contributed by atoms with Crippen molar-refractivity contribution in [2.75, 3.05) is 39.4 Å². The van der Waals surface area contributed by atoms with Crippen LogP contribution in [0.4, 0.5) is 5.69 Å². The summed E-state index contributed by atoms with van der Waals surface area (Å²) in [6, 6.07) is 13.6. The van der Waals surface area contributed by atoms with Crippen LogP contribution >= 0.6 is 0 Å². The molecule has 7 nitrogen and oxygen atoms in total. The molecule has 4 rings (SSSR count). The Kier molecular flexibility index (Phi) is 6.11. The number of ether oxygens (including phenoxy) is 3. The van der Waals surface area contributed by atoms with Gasteiger partial charge in [0, 0.05) is 29.5 Å². The van der Waals surface area contributed by atoms with E-state index in [1.165, 1.54) is 5.56 Å². The summed E-state index contributed by atoms with van der Waals surface area (Å²) in [5.41, 5.74) is 5.92. The SMILES string of the molecule is COCCOCC(=O)Nc1ccc(-c2onc3c2CCc2cc(OC)ccc2-3)cc1. The lowest BCUT2D eigenvalue weighted by molar-refractivity contribution is -0.121. The van der Waals surface area contributed by atoms with E-state index in [0.29, 0.717) is 18.9 Å². The fourth-order valence-electron chi connectivity index (χ4n) is 3.58. The smallest absolute Gasteiger partial charge is 0.250 e. The molecule has 0 saturated carbocycles. The first-order valence-corrected chi connectivity index (χ1v) is 9.82. The van der Waals surface area contributed by atoms with Gasteiger partial charge in [-0.05, 0) is 60.9 Å². The summed E-state index contributed by atoms with van der Waals surface area (Å²) in [6.45, 7) is 0.835. The maximum atomic E-state index is 11.9. The van der Waals surface area contributed by atoms with Crippen molar-refractivity contribution in [3.8, 4) is 28.3 Å². The maximum Gasteiger partial charge on any atom is 0.250 e. The number of carbonyl (C=O) groups excluding carboxylic acids is 1. The number of aromatic nitrogens is 1. The standard InChI is InChI=1S/C23H24N2O5/c1-27-11-12-29-14-21(26)24-17-6-3-15(4-7-17)23-20-9-5-16-13-18(28-2)8-10-19(16)22(20)25-30-23/h3-4,6-8,10,13H,5,9,11-12,14H2,1-2H3,(H,24,26). The number of anilines is 1. The fraction of sp³-hybridized carbons (Fsp3) is 0.304. The van der Waals surface area contributed by atoms with Crippen LogP contribution in [0.25, 0.3) is 22.6 Å². The predicted molar refractivity (Wildman–Crippen MR) is 113 cm³/mol. The minimum Gasteiger partial charge on any atom is -0.497 e. The molecule has 1 aliphatic carbocycles. The molecule has 30 heavy (non-hydrogen) atoms. The van der Waals surface area contributed by atoms with Gasteiger partial charge in [0.25, 0.3) is 0 Å². The van der Waals surface area contributed by atoms with Crippen LogP contribution in [0.1, 0.15) is 11.1 Å². The molecule has 1 aliphatic rings. The third-order valence-electron chi connectivity index (χ3n) is 5.10. The Labute approximate surface area is 174 Å². The third-order valence-corrected chi connectivity index (χ3v) is 5.10. The van der Waals surface area contributed by atoms with Gasteiger partial charge in [-0.2, -0.15) is 0 Å². The van der Waals surface area contributed by atoms with Crippen LogP contribution in [0.15, 0.2) is 47.0 Å². The molecule has 0 spiro atoms. The van der Waals surface area contributed by atoms with Gasteiger partial charge in [0.15, 0.2) is 5.76 Å². The van der Waals surface area contributed by atoms with E-state index in [9.17, 15) is 4.79 Å². The summed E-state index contributed by atoms with van der Waals surface area (Å²) in [7, 11) is 3.26. The van der Waals surface area contributed by atoms with Gasteiger partial charge in [-0.25, -0.2) is 0 Å². The first-order valence-electron chi connectivity index (χ1n) is 9.82. The number of aryl methyl sites for hydroxylation is 1. The first kappa shape index (κ1) is 20.1. The number of methoxy groups -OCH3 is 2. The van der Waals surface area contributed by atoms with Gasteiger partial charge in [0.1, 0.15) is 18.1 Å². The van der Waals surface area contributed by atoms with E-state index in [-0.39, 0.29) is 12.5 Å². The van der Waals surface area contributed by atoms with Gasteiger partial charge in [0.2, 0.25) is 5.91 Å². The highest BCUT2D eigenvalue weighted by Crippen LogP contribution is 2.39. The second kappa shape index (κ2) is 9.11. The number of hydrogen-bond acceptors (Lipinski definition) is 6. The van der Waals surface area contributed by atoms with Crippen LogP contribution in [0.3, 0.4) is 0 Å². The fourth-order valence-corrected chi connectivity index (χ4v) is 3.58. The zero-order valence-corrected chi connectivity index (χ0v) is 17.1. The van der Waals surface area contributed by atoms with Crippen molar-refractivity contribution in [2.45, 2.75) is 12.8 Å². The second-order valence-electron chi connectivity index (χ2n) is 7.03. The molecule has 0 radical (unpaired) electrons. The van der Waals surface area contributed by atoms with E-state index >= 15 is 0 Å². The lowest BCUT2D eigenvalue weighted by Gasteiger charge is -2.16. The van der Waals surface area contributed by atoms with E-state index < -0.39 is 0 Å². The molecule has 0 aliphatic heterocycles. The average molecular weight is 408 g/mol. The number of benzene rings is 2. The molecule has 1 amide bonds. The van der Waals surface area contributed by atoms with Gasteiger partial charge in [-0.15, -0.1) is 0 Å². The van der Waals surface area contributed by atoms with Crippen LogP contribution in [0.5, 0.6) is 5.75 Å². The molecule has 0 atom stereocenters. The van der Waals surface area contributed by atoms with Crippen LogP contribution in [-0.4, -0.2) is 45.1 Å². The lowest BCUT2D eigenvalue weighted by Crippen LogP contribution is -2.19. The van der Waals surface area contributed by atoms with Gasteiger partial charge in [-0.3, -0.25) is 4.79 Å². The Balaban J connectivity index is 1.47. The molecule has 7 heteroatoms. The first-order chi connectivity index (χ1) is 14.7. The molecule has 156 valence electrons. The molecule has 0 fully saturated rings. The molecule has 2 aromatic carbocycles. The van der Waals surface area contributed by atoms with Crippen LogP contribution in [0.2, 0.25) is 0 Å². The number of nitrogens with one attached hydrogen (secondary N) is 1. The second-order valence-corrected chi connectivity index (χ2v) is 7.03. The van der Waals surface area contributed by atoms with Crippen molar-refractivity contribution in [2.24, 2.45) is 0 Å². The van der Waals surface area contributed by atoms with Crippen molar-refractivity contribution in [1.82, 2.24) is 5.16 Å². The zero-order valence-electron chi connectivity index (χ0n) is 17.1. The Bertz CT molecular complexity index is 1030. The minimum absolute atomic E-state index is 0.00901. The summed E-state index contributed by atoms with van der Waals surface area (Å²) in [6.07, 6.45) is 1.76. The number of hydrogen-bond donors (Lipinski definition) is 1. The van der Waals surface area contributed by atoms with Gasteiger partial charge in [-0.1, -0.05) is 5.16 Å². The van der Waals surface area contributed by atoms with Crippen LogP contribution in [-0.2, 0) is 27.1 Å². The third kappa shape index (κ3) is 4.22. The maximum absolute atomic E-state index is 11.9. The topological polar surface area (TPSA) is 82.8 Å². The van der Waals surface area contributed by atoms with Crippen molar-refractivity contribution < 1.29 is 23.5 Å². The Hall–Kier alpha value is -3.16. The molecule has 3 aromatic rings. The van der Waals surface area contributed by atoms with E-state index in [0.717, 1.165) is 46.7 Å². The average Bonchev–Trinajstić information content (AvgIpc) is 3.21. The van der Waals surface area contributed by atoms with Crippen LogP contribution < -0.4 is 10.1 Å². The number of nitrogens with zero attached hydrogens (tertiary/aromatic N) is 1. The molecule has 0 saturated heterocycles. The quantitative estimate of drug-likeness (QED) is 0.572. The zero-order chi connectivity index (χ0) is 20.9. The van der Waals surface area contributed by atoms with Gasteiger partial charge < -0.3 is 24.1 Å². The molecular weight excluding hydrogens is 384 g/mol. The summed E-state index contributed by atoms with van der Waals surface area (Å²) >= 11 is 0. The molecule has 1 N–H and O–H groups in total. The normalized spacial score (nSPS) is 12.2. The number of fused-ring (bicyclic) bond motifs is 3. The molecule has 1 heterocycles. The number of amides is 1. The molecule has 0 bridgehead atoms. The summed E-state index contributed by atoms with van der Waals surface area (Å²) in [5, 5.41) is 7.15. The van der Waals surface area contributed by atoms with E-state index in [4.69, 9.17) is 18.7 Å². The Morgan fingerprint density at radius 2 is 1.93 bits per heavy atom. The highest BCUT2D eigenvalue weighted by atomic mass is 16.5. The number of carbonyl (C=O) groups is 1. The minimum atomic E-state index is -0.206. The van der Waals surface area contributed by atoms with Crippen molar-refractivity contribution in [3.05, 3.63) is 53.6 Å². The summed E-state index contributed by atoms with van der Waals surface area (Å²) in [4.78, 5) is 11.9. The molecule has 0 unspecified atom stereocenters. The highest BCUT2D eigenvalue weighted by Gasteiger charge is 2.25. The number of rotatable bonds is 8. The van der Waals surface area contributed by atoms with Crippen molar-refractivity contribution >= 4 is 11.6 Å². The highest BCUT2D eigenvalue weighted by molar-refractivity contribution is 5.92. The van der Waals surface area contributed by atoms with E-state index in [1.807, 2.05) is 36.4 Å². The van der Waals surface area contributed by atoms with Gasteiger partial charge in [0.05, 0.1) is 20.3 Å². The van der Waals surface area contributed by atoms with E-state index in [1.54, 1.807) is 14.2 Å². The summed E-state index contributed by atoms with van der Waals surface area (Å²) < 4.78 is 21.2. The predicted octanol–water partition coefficient (Wildman–Crippen LogP) is 3.72. The van der Waals surface area contributed by atoms with Gasteiger partial charge >= 0.3 is 0 Å². The van der Waals surface area contributed by atoms with E-state index in [2.05, 4.69) is 16.5 Å². The molecular formula is C23H24N2O5. The Morgan fingerprint density at radius 1 is 1.10 bits per heavy atom. The lowest BCUT2D eigenvalue weighted by atomic mass is 9.88. The monoisotopic (exact) mass is 408 g/mol. The summed E-state index contributed by atoms with van der Waals surface area (Å²) in [5.74, 6) is 1.41. The van der Waals surface area contributed by atoms with Crippen LogP contribution in [0, 0.1) is 0 Å². The van der Waals surface area contributed by atoms with Crippen molar-refractivity contribution in [3.63, 3.8) is 0 Å².